The highest BCUT2D eigenvalue weighted by Gasteiger charge is 2.33. The Morgan fingerprint density at radius 1 is 1.38 bits per heavy atom. The van der Waals surface area contributed by atoms with E-state index in [1.807, 2.05) is 13.8 Å². The van der Waals surface area contributed by atoms with E-state index in [1.54, 1.807) is 6.92 Å². The molecule has 152 valence electrons. The van der Waals surface area contributed by atoms with Gasteiger partial charge < -0.3 is 20.9 Å². The van der Waals surface area contributed by atoms with E-state index in [1.165, 1.54) is 5.01 Å². The van der Waals surface area contributed by atoms with Gasteiger partial charge in [0.15, 0.2) is 6.29 Å². The van der Waals surface area contributed by atoms with Crippen molar-refractivity contribution in [3.8, 4) is 0 Å². The maximum absolute atomic E-state index is 12.5. The Morgan fingerprint density at radius 2 is 2.00 bits per heavy atom. The molecule has 0 bridgehead atoms. The molecule has 1 saturated heterocycles. The Hall–Kier alpha value is -0.350. The third-order valence-electron chi connectivity index (χ3n) is 4.00. The summed E-state index contributed by atoms with van der Waals surface area (Å²) in [7, 11) is 0. The van der Waals surface area contributed by atoms with Gasteiger partial charge in [-0.15, -0.1) is 0 Å². The maximum Gasteiger partial charge on any atom is 0.258 e. The minimum Gasteiger partial charge on any atom is -0.367 e. The molecule has 11 heteroatoms. The molecule has 5 N–H and O–H groups in total. The number of carbonyl (C=O) groups is 2. The first-order valence-electron chi connectivity index (χ1n) is 8.42. The summed E-state index contributed by atoms with van der Waals surface area (Å²) < 4.78 is 3.49. The second kappa shape index (κ2) is 10.3. The lowest BCUT2D eigenvalue weighted by Crippen LogP contribution is -2.61. The number of rotatable bonds is 7. The molecule has 8 nitrogen and oxygen atoms in total. The van der Waals surface area contributed by atoms with Crippen LogP contribution in [-0.2, 0) is 14.3 Å². The highest BCUT2D eigenvalue weighted by Crippen LogP contribution is 2.27. The van der Waals surface area contributed by atoms with Crippen LogP contribution < -0.4 is 16.5 Å². The first kappa shape index (κ1) is 23.7. The van der Waals surface area contributed by atoms with Crippen molar-refractivity contribution in [3.63, 3.8) is 0 Å². The molecule has 2 amide bonds. The van der Waals surface area contributed by atoms with Gasteiger partial charge in [-0.05, 0) is 25.7 Å². The second-order valence-electron chi connectivity index (χ2n) is 6.68. The highest BCUT2D eigenvalue weighted by molar-refractivity contribution is 6.67. The predicted octanol–water partition coefficient (Wildman–Crippen LogP) is 0.675. The first-order chi connectivity index (χ1) is 11.9. The van der Waals surface area contributed by atoms with E-state index in [9.17, 15) is 14.7 Å². The molecule has 1 fully saturated rings. The number of nitrogens with two attached hydrogens (primary N) is 1. The number of nitrogens with zero attached hydrogens (tertiary/aromatic N) is 1. The zero-order valence-electron chi connectivity index (χ0n) is 15.0. The Labute approximate surface area is 168 Å². The fraction of sp³-hybridized carbons (Fsp3) is 0.867. The molecule has 1 heterocycles. The van der Waals surface area contributed by atoms with Gasteiger partial charge in [0.2, 0.25) is 9.70 Å². The summed E-state index contributed by atoms with van der Waals surface area (Å²) in [5.74, 6) is -0.770. The number of aliphatic hydroxyl groups excluding tert-OH is 1. The van der Waals surface area contributed by atoms with Gasteiger partial charge in [0, 0.05) is 6.54 Å². The number of nitrogens with one attached hydrogen (secondary N) is 2. The predicted molar refractivity (Wildman–Crippen MR) is 101 cm³/mol. The van der Waals surface area contributed by atoms with E-state index < -0.39 is 28.2 Å². The van der Waals surface area contributed by atoms with Crippen LogP contribution >= 0.6 is 34.8 Å². The minimum absolute atomic E-state index is 0.0417. The van der Waals surface area contributed by atoms with Crippen molar-refractivity contribution in [2.75, 3.05) is 13.2 Å². The van der Waals surface area contributed by atoms with Gasteiger partial charge in [-0.1, -0.05) is 48.7 Å². The third kappa shape index (κ3) is 7.72. The molecule has 0 aromatic carbocycles. The van der Waals surface area contributed by atoms with Crippen molar-refractivity contribution in [1.29, 1.82) is 0 Å². The van der Waals surface area contributed by atoms with E-state index in [0.29, 0.717) is 19.4 Å². The molecular formula is C15H27Cl3N4O4. The molecule has 0 saturated carbocycles. The summed E-state index contributed by atoms with van der Waals surface area (Å²) >= 11 is 16.8. The summed E-state index contributed by atoms with van der Waals surface area (Å²) in [5, 5.41) is 14.0. The van der Waals surface area contributed by atoms with Gasteiger partial charge >= 0.3 is 0 Å². The quantitative estimate of drug-likeness (QED) is 0.346. The Kier molecular flexibility index (Phi) is 9.35. The van der Waals surface area contributed by atoms with Crippen LogP contribution in [0.15, 0.2) is 0 Å². The molecule has 0 aromatic rings. The van der Waals surface area contributed by atoms with Crippen LogP contribution in [0.2, 0.25) is 0 Å². The molecule has 0 aromatic heterocycles. The lowest BCUT2D eigenvalue weighted by molar-refractivity contribution is -0.155. The third-order valence-corrected chi connectivity index (χ3v) is 4.32. The fourth-order valence-electron chi connectivity index (χ4n) is 2.38. The lowest BCUT2D eigenvalue weighted by Gasteiger charge is -2.37. The number of aliphatic hydroxyl groups is 1. The van der Waals surface area contributed by atoms with E-state index in [4.69, 9.17) is 45.3 Å². The SMILES string of the molecule is CC(NC(=O)C(N)C(C)C)C(=O)N1CCCC(C(O)OCC(Cl)(Cl)Cl)N1. The molecule has 0 radical (unpaired) electrons. The van der Waals surface area contributed by atoms with Gasteiger partial charge in [0.25, 0.3) is 5.91 Å². The van der Waals surface area contributed by atoms with Gasteiger partial charge in [0.1, 0.15) is 6.04 Å². The summed E-state index contributed by atoms with van der Waals surface area (Å²) in [6.45, 7) is 5.38. The number of hydrogen-bond donors (Lipinski definition) is 4. The van der Waals surface area contributed by atoms with Crippen LogP contribution in [0.25, 0.3) is 0 Å². The monoisotopic (exact) mass is 432 g/mol. The molecule has 1 aliphatic heterocycles. The second-order valence-corrected chi connectivity index (χ2v) is 9.20. The number of carbonyl (C=O) groups excluding carboxylic acids is 2. The largest absolute Gasteiger partial charge is 0.367 e. The normalized spacial score (nSPS) is 22.0. The highest BCUT2D eigenvalue weighted by atomic mass is 35.6. The maximum atomic E-state index is 12.5. The number of hydrazine groups is 1. The zero-order valence-corrected chi connectivity index (χ0v) is 17.3. The zero-order chi connectivity index (χ0) is 20.1. The van der Waals surface area contributed by atoms with Gasteiger partial charge in [-0.3, -0.25) is 14.6 Å². The Balaban J connectivity index is 2.57. The van der Waals surface area contributed by atoms with Crippen molar-refractivity contribution in [2.24, 2.45) is 11.7 Å². The van der Waals surface area contributed by atoms with Gasteiger partial charge in [-0.2, -0.15) is 0 Å². The average Bonchev–Trinajstić information content (AvgIpc) is 2.57. The van der Waals surface area contributed by atoms with E-state index >= 15 is 0 Å². The van der Waals surface area contributed by atoms with Crippen LogP contribution in [0, 0.1) is 5.92 Å². The Morgan fingerprint density at radius 3 is 2.54 bits per heavy atom. The fourth-order valence-corrected chi connectivity index (χ4v) is 2.57. The molecule has 0 aliphatic carbocycles. The summed E-state index contributed by atoms with van der Waals surface area (Å²) in [5.41, 5.74) is 8.67. The van der Waals surface area contributed by atoms with Crippen molar-refractivity contribution in [1.82, 2.24) is 15.8 Å². The van der Waals surface area contributed by atoms with Gasteiger partial charge in [-0.25, -0.2) is 5.43 Å². The molecule has 4 atom stereocenters. The van der Waals surface area contributed by atoms with Crippen LogP contribution in [-0.4, -0.2) is 63.3 Å². The number of halogens is 3. The summed E-state index contributed by atoms with van der Waals surface area (Å²) in [4.78, 5) is 24.5. The minimum atomic E-state index is -1.64. The van der Waals surface area contributed by atoms with Crippen molar-refractivity contribution >= 4 is 46.6 Å². The van der Waals surface area contributed by atoms with Crippen LogP contribution in [0.1, 0.15) is 33.6 Å². The molecule has 4 unspecified atom stereocenters. The van der Waals surface area contributed by atoms with Crippen LogP contribution in [0.4, 0.5) is 0 Å². The standard InChI is InChI=1S/C15H27Cl3N4O4/c1-8(2)11(19)12(23)20-9(3)13(24)22-6-4-5-10(21-22)14(25)26-7-15(16,17)18/h8-11,14,21,25H,4-7,19H2,1-3H3,(H,20,23). The molecule has 1 aliphatic rings. The first-order valence-corrected chi connectivity index (χ1v) is 9.55. The average molecular weight is 434 g/mol. The van der Waals surface area contributed by atoms with E-state index in [2.05, 4.69) is 10.7 Å². The van der Waals surface area contributed by atoms with Crippen LogP contribution in [0.5, 0.6) is 0 Å². The molecular weight excluding hydrogens is 407 g/mol. The number of ether oxygens (including phenoxy) is 1. The molecule has 0 spiro atoms. The smallest absolute Gasteiger partial charge is 0.258 e. The summed E-state index contributed by atoms with van der Waals surface area (Å²) in [6, 6.07) is -2.00. The lowest BCUT2D eigenvalue weighted by atomic mass is 10.0. The van der Waals surface area contributed by atoms with Gasteiger partial charge in [0.05, 0.1) is 18.7 Å². The molecule has 26 heavy (non-hydrogen) atoms. The van der Waals surface area contributed by atoms with E-state index in [-0.39, 0.29) is 24.3 Å². The van der Waals surface area contributed by atoms with Crippen molar-refractivity contribution in [3.05, 3.63) is 0 Å². The number of hydrogen-bond acceptors (Lipinski definition) is 6. The topological polar surface area (TPSA) is 117 Å². The number of alkyl halides is 3. The van der Waals surface area contributed by atoms with Crippen molar-refractivity contribution in [2.45, 2.75) is 61.8 Å². The Bertz CT molecular complexity index is 490. The molecule has 1 rings (SSSR count). The summed E-state index contributed by atoms with van der Waals surface area (Å²) in [6.07, 6.45) is -0.0337. The van der Waals surface area contributed by atoms with Crippen LogP contribution in [0.3, 0.4) is 0 Å². The van der Waals surface area contributed by atoms with E-state index in [0.717, 1.165) is 0 Å². The number of amides is 2. The van der Waals surface area contributed by atoms with Crippen molar-refractivity contribution < 1.29 is 19.4 Å².